The minimum Gasteiger partial charge on any atom is -0.484 e. The Labute approximate surface area is 55.5 Å². The minimum absolute atomic E-state index is 0. The van der Waals surface area contributed by atoms with Gasteiger partial charge in [-0.25, -0.2) is 0 Å². The number of nitrogens with one attached hydrogen (secondary N) is 1. The van der Waals surface area contributed by atoms with Gasteiger partial charge in [0, 0.05) is 6.42 Å². The number of methoxy groups -OCH3 is 1. The summed E-state index contributed by atoms with van der Waals surface area (Å²) < 4.78 is 4.50. The molecule has 0 rings (SSSR count). The molecule has 0 aromatic carbocycles. The Morgan fingerprint density at radius 1 is 1.88 bits per heavy atom. The zero-order valence-corrected chi connectivity index (χ0v) is 5.62. The summed E-state index contributed by atoms with van der Waals surface area (Å²) >= 11 is 0. The van der Waals surface area contributed by atoms with E-state index < -0.39 is 0 Å². The molecule has 0 spiro atoms. The van der Waals surface area contributed by atoms with Crippen molar-refractivity contribution in [3.8, 4) is 0 Å². The van der Waals surface area contributed by atoms with Crippen LogP contribution in [0.3, 0.4) is 0 Å². The normalized spacial score (nSPS) is 6.62. The number of hydrogen-bond donors (Lipinski definition) is 1. The Hall–Kier alpha value is -0.500. The predicted octanol–water partition coefficient (Wildman–Crippen LogP) is 1.61. The molecule has 0 unspecified atom stereocenters. The summed E-state index contributed by atoms with van der Waals surface area (Å²) in [5, 5.41) is 6.84. The maximum Gasteiger partial charge on any atom is 0.183 e. The molecule has 0 aromatic rings. The predicted molar refractivity (Wildman–Crippen MR) is 36.8 cm³/mol. The van der Waals surface area contributed by atoms with Gasteiger partial charge in [-0.05, 0) is 0 Å². The van der Waals surface area contributed by atoms with Crippen LogP contribution in [0.5, 0.6) is 0 Å². The lowest BCUT2D eigenvalue weighted by atomic mass is 10.4. The van der Waals surface area contributed by atoms with E-state index in [0.29, 0.717) is 6.42 Å². The first-order chi connectivity index (χ1) is 3.31. The van der Waals surface area contributed by atoms with E-state index in [1.807, 2.05) is 0 Å². The van der Waals surface area contributed by atoms with E-state index in [4.69, 9.17) is 5.41 Å². The van der Waals surface area contributed by atoms with Crippen LogP contribution in [0.4, 0.5) is 0 Å². The lowest BCUT2D eigenvalue weighted by Gasteiger charge is -1.93. The van der Waals surface area contributed by atoms with Gasteiger partial charge in [0.05, 0.1) is 7.11 Å². The zero-order valence-electron chi connectivity index (χ0n) is 4.81. The van der Waals surface area contributed by atoms with Gasteiger partial charge >= 0.3 is 0 Å². The van der Waals surface area contributed by atoms with Crippen molar-refractivity contribution in [2.45, 2.75) is 6.42 Å². The molecule has 0 aliphatic carbocycles. The molecular weight excluding hydrogens is 126 g/mol. The van der Waals surface area contributed by atoms with E-state index in [0.717, 1.165) is 0 Å². The molecule has 0 aliphatic rings. The monoisotopic (exact) mass is 135 g/mol. The fourth-order valence-corrected chi connectivity index (χ4v) is 0.214. The van der Waals surface area contributed by atoms with Crippen LogP contribution in [0.2, 0.25) is 0 Å². The summed E-state index contributed by atoms with van der Waals surface area (Å²) in [5.74, 6) is 0.259. The summed E-state index contributed by atoms with van der Waals surface area (Å²) in [4.78, 5) is 0. The third kappa shape index (κ3) is 5.50. The summed E-state index contributed by atoms with van der Waals surface area (Å²) in [7, 11) is 1.48. The van der Waals surface area contributed by atoms with Crippen molar-refractivity contribution in [2.75, 3.05) is 7.11 Å². The summed E-state index contributed by atoms with van der Waals surface area (Å²) in [5.41, 5.74) is 0. The number of hydrogen-bond acceptors (Lipinski definition) is 2. The van der Waals surface area contributed by atoms with Gasteiger partial charge in [0.15, 0.2) is 5.90 Å². The molecule has 0 fully saturated rings. The number of ether oxygens (including phenoxy) is 1. The van der Waals surface area contributed by atoms with Gasteiger partial charge in [0.2, 0.25) is 0 Å². The van der Waals surface area contributed by atoms with Crippen molar-refractivity contribution in [3.05, 3.63) is 12.7 Å². The largest absolute Gasteiger partial charge is 0.484 e. The van der Waals surface area contributed by atoms with Gasteiger partial charge < -0.3 is 4.74 Å². The van der Waals surface area contributed by atoms with E-state index in [1.54, 1.807) is 6.08 Å². The van der Waals surface area contributed by atoms with Crippen molar-refractivity contribution in [1.82, 2.24) is 0 Å². The molecule has 0 saturated carbocycles. The van der Waals surface area contributed by atoms with Crippen LogP contribution in [0.25, 0.3) is 0 Å². The quantitative estimate of drug-likeness (QED) is 0.348. The highest BCUT2D eigenvalue weighted by atomic mass is 35.5. The van der Waals surface area contributed by atoms with Crippen LogP contribution in [-0.4, -0.2) is 13.0 Å². The highest BCUT2D eigenvalue weighted by molar-refractivity contribution is 5.85. The van der Waals surface area contributed by atoms with Crippen LogP contribution in [-0.2, 0) is 4.74 Å². The van der Waals surface area contributed by atoms with Gasteiger partial charge in [-0.2, -0.15) is 0 Å². The van der Waals surface area contributed by atoms with Gasteiger partial charge in [-0.3, -0.25) is 5.41 Å². The maximum atomic E-state index is 6.84. The number of halogens is 1. The Balaban J connectivity index is 0. The molecular formula is C5H10ClNO. The first kappa shape index (κ1) is 10.5. The standard InChI is InChI=1S/C5H9NO.ClH/c1-3-4-5(6)7-2;/h3,6H,1,4H2,2H3;1H. The summed E-state index contributed by atoms with van der Waals surface area (Å²) in [6, 6.07) is 0. The second-order valence-corrected chi connectivity index (χ2v) is 1.12. The van der Waals surface area contributed by atoms with Crippen LogP contribution < -0.4 is 0 Å². The van der Waals surface area contributed by atoms with Gasteiger partial charge in [0.1, 0.15) is 0 Å². The first-order valence-electron chi connectivity index (χ1n) is 2.03. The molecule has 0 bridgehead atoms. The first-order valence-corrected chi connectivity index (χ1v) is 2.03. The highest BCUT2D eigenvalue weighted by Gasteiger charge is 1.84. The van der Waals surface area contributed by atoms with Crippen molar-refractivity contribution < 1.29 is 4.74 Å². The third-order valence-electron chi connectivity index (χ3n) is 0.576. The van der Waals surface area contributed by atoms with E-state index in [2.05, 4.69) is 11.3 Å². The SMILES string of the molecule is C=CCC(=N)OC.Cl. The average Bonchev–Trinajstić information content (AvgIpc) is 1.68. The smallest absolute Gasteiger partial charge is 0.183 e. The molecule has 2 nitrogen and oxygen atoms in total. The molecule has 0 atom stereocenters. The fourth-order valence-electron chi connectivity index (χ4n) is 0.214. The second-order valence-electron chi connectivity index (χ2n) is 1.12. The molecule has 0 heterocycles. The van der Waals surface area contributed by atoms with Crippen molar-refractivity contribution in [2.24, 2.45) is 0 Å². The molecule has 8 heavy (non-hydrogen) atoms. The zero-order chi connectivity index (χ0) is 5.70. The van der Waals surface area contributed by atoms with E-state index in [1.165, 1.54) is 7.11 Å². The molecule has 3 heteroatoms. The van der Waals surface area contributed by atoms with Crippen LogP contribution >= 0.6 is 12.4 Å². The van der Waals surface area contributed by atoms with E-state index in [9.17, 15) is 0 Å². The van der Waals surface area contributed by atoms with E-state index in [-0.39, 0.29) is 18.3 Å². The Morgan fingerprint density at radius 2 is 2.38 bits per heavy atom. The maximum absolute atomic E-state index is 6.84. The Bertz CT molecular complexity index is 82.5. The fraction of sp³-hybridized carbons (Fsp3) is 0.400. The molecule has 48 valence electrons. The molecule has 0 saturated heterocycles. The van der Waals surface area contributed by atoms with Gasteiger partial charge in [0.25, 0.3) is 0 Å². The Kier molecular flexibility index (Phi) is 8.51. The third-order valence-corrected chi connectivity index (χ3v) is 0.576. The molecule has 1 N–H and O–H groups in total. The lowest BCUT2D eigenvalue weighted by Crippen LogP contribution is -1.94. The van der Waals surface area contributed by atoms with Crippen LogP contribution in [0, 0.1) is 5.41 Å². The molecule has 0 aromatic heterocycles. The highest BCUT2D eigenvalue weighted by Crippen LogP contribution is 1.81. The molecule has 0 radical (unpaired) electrons. The molecule has 0 amide bonds. The summed E-state index contributed by atoms with van der Waals surface area (Å²) in [6.45, 7) is 3.43. The van der Waals surface area contributed by atoms with Crippen LogP contribution in [0.1, 0.15) is 6.42 Å². The minimum atomic E-state index is 0. The van der Waals surface area contributed by atoms with Crippen LogP contribution in [0.15, 0.2) is 12.7 Å². The topological polar surface area (TPSA) is 33.1 Å². The van der Waals surface area contributed by atoms with Crippen molar-refractivity contribution >= 4 is 18.3 Å². The van der Waals surface area contributed by atoms with Crippen molar-refractivity contribution in [3.63, 3.8) is 0 Å². The van der Waals surface area contributed by atoms with Crippen molar-refractivity contribution in [1.29, 1.82) is 5.41 Å². The average molecular weight is 136 g/mol. The van der Waals surface area contributed by atoms with Gasteiger partial charge in [-0.15, -0.1) is 19.0 Å². The summed E-state index contributed by atoms with van der Waals surface area (Å²) in [6.07, 6.45) is 2.16. The Morgan fingerprint density at radius 3 is 2.50 bits per heavy atom. The number of rotatable bonds is 2. The molecule has 0 aliphatic heterocycles. The van der Waals surface area contributed by atoms with E-state index >= 15 is 0 Å². The van der Waals surface area contributed by atoms with Gasteiger partial charge in [-0.1, -0.05) is 6.08 Å². The second kappa shape index (κ2) is 6.50. The lowest BCUT2D eigenvalue weighted by molar-refractivity contribution is 0.391.